The minimum Gasteiger partial charge on any atom is -0.460 e. The van der Waals surface area contributed by atoms with E-state index in [1.54, 1.807) is 31.5 Å². The van der Waals surface area contributed by atoms with Crippen LogP contribution in [-0.2, 0) is 9.53 Å². The molecule has 4 nitrogen and oxygen atoms in total. The highest BCUT2D eigenvalue weighted by Gasteiger charge is 2.20. The van der Waals surface area contributed by atoms with Crippen LogP contribution >= 0.6 is 11.8 Å². The summed E-state index contributed by atoms with van der Waals surface area (Å²) in [6.07, 6.45) is 3.37. The first-order valence-corrected chi connectivity index (χ1v) is 5.63. The lowest BCUT2D eigenvalue weighted by molar-refractivity contribution is -0.137. The SMILES string of the molecule is CCOC(=O)C(=O)c1cccnc1SC. The van der Waals surface area contributed by atoms with Gasteiger partial charge >= 0.3 is 5.97 Å². The molecule has 0 spiro atoms. The van der Waals surface area contributed by atoms with E-state index in [0.29, 0.717) is 10.6 Å². The number of thioether (sulfide) groups is 1. The van der Waals surface area contributed by atoms with Crippen molar-refractivity contribution in [2.45, 2.75) is 11.9 Å². The van der Waals surface area contributed by atoms with Crippen LogP contribution in [0.25, 0.3) is 0 Å². The zero-order valence-corrected chi connectivity index (χ0v) is 9.34. The van der Waals surface area contributed by atoms with Crippen LogP contribution in [0.3, 0.4) is 0 Å². The number of rotatable bonds is 4. The molecule has 0 amide bonds. The van der Waals surface area contributed by atoms with Crippen molar-refractivity contribution in [1.29, 1.82) is 0 Å². The fraction of sp³-hybridized carbons (Fsp3) is 0.300. The molecule has 0 unspecified atom stereocenters. The van der Waals surface area contributed by atoms with Gasteiger partial charge < -0.3 is 4.74 Å². The van der Waals surface area contributed by atoms with Gasteiger partial charge in [0.25, 0.3) is 5.78 Å². The molecule has 0 aliphatic heterocycles. The summed E-state index contributed by atoms with van der Waals surface area (Å²) in [7, 11) is 0. The first kappa shape index (κ1) is 11.7. The van der Waals surface area contributed by atoms with Gasteiger partial charge in [-0.3, -0.25) is 4.79 Å². The second-order valence-electron chi connectivity index (χ2n) is 2.61. The fourth-order valence-corrected chi connectivity index (χ4v) is 1.58. The van der Waals surface area contributed by atoms with Gasteiger partial charge in [0, 0.05) is 6.20 Å². The number of carbonyl (C=O) groups is 2. The van der Waals surface area contributed by atoms with E-state index < -0.39 is 11.8 Å². The Kier molecular flexibility index (Phi) is 4.30. The quantitative estimate of drug-likeness (QED) is 0.337. The number of hydrogen-bond donors (Lipinski definition) is 0. The maximum Gasteiger partial charge on any atom is 0.379 e. The topological polar surface area (TPSA) is 56.3 Å². The van der Waals surface area contributed by atoms with Gasteiger partial charge in [0.2, 0.25) is 0 Å². The molecule has 0 atom stereocenters. The van der Waals surface area contributed by atoms with Crippen molar-refractivity contribution in [1.82, 2.24) is 4.98 Å². The number of hydrogen-bond acceptors (Lipinski definition) is 5. The molecule has 0 aliphatic rings. The number of carbonyl (C=O) groups excluding carboxylic acids is 2. The molecule has 0 fully saturated rings. The van der Waals surface area contributed by atoms with E-state index in [1.165, 1.54) is 11.8 Å². The second kappa shape index (κ2) is 5.50. The predicted octanol–water partition coefficient (Wildman–Crippen LogP) is 1.55. The average Bonchev–Trinajstić information content (AvgIpc) is 2.28. The van der Waals surface area contributed by atoms with E-state index in [4.69, 9.17) is 0 Å². The van der Waals surface area contributed by atoms with Gasteiger partial charge in [0.1, 0.15) is 5.03 Å². The average molecular weight is 225 g/mol. The molecule has 15 heavy (non-hydrogen) atoms. The van der Waals surface area contributed by atoms with Crippen molar-refractivity contribution in [2.75, 3.05) is 12.9 Å². The van der Waals surface area contributed by atoms with Crippen molar-refractivity contribution >= 4 is 23.5 Å². The molecule has 1 aromatic rings. The molecule has 80 valence electrons. The lowest BCUT2D eigenvalue weighted by Gasteiger charge is -2.03. The molecule has 1 aromatic heterocycles. The third-order valence-corrected chi connectivity index (χ3v) is 2.38. The third kappa shape index (κ3) is 2.79. The van der Waals surface area contributed by atoms with Gasteiger partial charge in [-0.05, 0) is 25.3 Å². The monoisotopic (exact) mass is 225 g/mol. The summed E-state index contributed by atoms with van der Waals surface area (Å²) in [6.45, 7) is 1.85. The molecule has 0 aromatic carbocycles. The standard InChI is InChI=1S/C10H11NO3S/c1-3-14-10(13)8(12)7-5-4-6-11-9(7)15-2/h4-6H,3H2,1-2H3. The smallest absolute Gasteiger partial charge is 0.379 e. The molecule has 0 aliphatic carbocycles. The lowest BCUT2D eigenvalue weighted by atomic mass is 10.2. The van der Waals surface area contributed by atoms with Gasteiger partial charge in [-0.2, -0.15) is 0 Å². The van der Waals surface area contributed by atoms with Crippen LogP contribution in [0, 0.1) is 0 Å². The molecular weight excluding hydrogens is 214 g/mol. The maximum absolute atomic E-state index is 11.6. The summed E-state index contributed by atoms with van der Waals surface area (Å²) < 4.78 is 4.63. The molecule has 0 bridgehead atoms. The van der Waals surface area contributed by atoms with Crippen LogP contribution in [0.2, 0.25) is 0 Å². The second-order valence-corrected chi connectivity index (χ2v) is 3.40. The Bertz CT molecular complexity index is 379. The number of esters is 1. The minimum atomic E-state index is -0.833. The third-order valence-electron chi connectivity index (χ3n) is 1.67. The lowest BCUT2D eigenvalue weighted by Crippen LogP contribution is -2.18. The molecule has 5 heteroatoms. The van der Waals surface area contributed by atoms with Gasteiger partial charge in [-0.1, -0.05) is 0 Å². The summed E-state index contributed by atoms with van der Waals surface area (Å²) >= 11 is 1.32. The van der Waals surface area contributed by atoms with Crippen molar-refractivity contribution in [2.24, 2.45) is 0 Å². The van der Waals surface area contributed by atoms with Crippen LogP contribution in [0.15, 0.2) is 23.4 Å². The van der Waals surface area contributed by atoms with Crippen LogP contribution in [0.4, 0.5) is 0 Å². The van der Waals surface area contributed by atoms with Crippen molar-refractivity contribution in [3.8, 4) is 0 Å². The highest BCUT2D eigenvalue weighted by atomic mass is 32.2. The highest BCUT2D eigenvalue weighted by molar-refractivity contribution is 7.98. The summed E-state index contributed by atoms with van der Waals surface area (Å²) in [6, 6.07) is 3.18. The minimum absolute atomic E-state index is 0.194. The van der Waals surface area contributed by atoms with E-state index in [2.05, 4.69) is 9.72 Å². The van der Waals surface area contributed by atoms with E-state index >= 15 is 0 Å². The maximum atomic E-state index is 11.6. The van der Waals surface area contributed by atoms with Gasteiger partial charge in [-0.15, -0.1) is 11.8 Å². The highest BCUT2D eigenvalue weighted by Crippen LogP contribution is 2.17. The van der Waals surface area contributed by atoms with E-state index in [-0.39, 0.29) is 6.61 Å². The summed E-state index contributed by atoms with van der Waals surface area (Å²) in [4.78, 5) is 26.8. The number of nitrogens with zero attached hydrogens (tertiary/aromatic N) is 1. The van der Waals surface area contributed by atoms with Crippen LogP contribution < -0.4 is 0 Å². The number of Topliss-reactive ketones (excluding diaryl/α,β-unsaturated/α-hetero) is 1. The first-order valence-electron chi connectivity index (χ1n) is 4.41. The number of aromatic nitrogens is 1. The Balaban J connectivity index is 2.95. The van der Waals surface area contributed by atoms with Crippen molar-refractivity contribution in [3.63, 3.8) is 0 Å². The number of ketones is 1. The van der Waals surface area contributed by atoms with Crippen LogP contribution in [-0.4, -0.2) is 29.6 Å². The van der Waals surface area contributed by atoms with Gasteiger partial charge in [-0.25, -0.2) is 9.78 Å². The number of pyridine rings is 1. The zero-order valence-electron chi connectivity index (χ0n) is 8.52. The summed E-state index contributed by atoms with van der Waals surface area (Å²) in [5.41, 5.74) is 0.295. The Hall–Kier alpha value is -1.36. The Labute approximate surface area is 92.0 Å². The van der Waals surface area contributed by atoms with E-state index in [9.17, 15) is 9.59 Å². The van der Waals surface area contributed by atoms with Crippen molar-refractivity contribution in [3.05, 3.63) is 23.9 Å². The predicted molar refractivity (Wildman–Crippen MR) is 57.0 cm³/mol. The zero-order chi connectivity index (χ0) is 11.3. The normalized spacial score (nSPS) is 9.73. The van der Waals surface area contributed by atoms with E-state index in [1.807, 2.05) is 0 Å². The molecule has 1 heterocycles. The first-order chi connectivity index (χ1) is 7.20. The largest absolute Gasteiger partial charge is 0.460 e. The molecule has 0 radical (unpaired) electrons. The number of ether oxygens (including phenoxy) is 1. The summed E-state index contributed by atoms with van der Waals surface area (Å²) in [5, 5.41) is 0.538. The molecule has 0 saturated carbocycles. The Morgan fingerprint density at radius 1 is 1.53 bits per heavy atom. The Morgan fingerprint density at radius 2 is 2.27 bits per heavy atom. The molecule has 0 N–H and O–H groups in total. The van der Waals surface area contributed by atoms with Crippen LogP contribution in [0.5, 0.6) is 0 Å². The van der Waals surface area contributed by atoms with E-state index in [0.717, 1.165) is 0 Å². The van der Waals surface area contributed by atoms with Gasteiger partial charge in [0.15, 0.2) is 0 Å². The Morgan fingerprint density at radius 3 is 2.87 bits per heavy atom. The summed E-state index contributed by atoms with van der Waals surface area (Å²) in [5.74, 6) is -1.48. The van der Waals surface area contributed by atoms with Crippen molar-refractivity contribution < 1.29 is 14.3 Å². The van der Waals surface area contributed by atoms with Gasteiger partial charge in [0.05, 0.1) is 12.2 Å². The molecule has 1 rings (SSSR count). The van der Waals surface area contributed by atoms with Crippen LogP contribution in [0.1, 0.15) is 17.3 Å². The molecule has 0 saturated heterocycles. The fourth-order valence-electron chi connectivity index (χ4n) is 1.03. The molecular formula is C10H11NO3S.